The maximum atomic E-state index is 12.7. The Hall–Kier alpha value is -4.31. The van der Waals surface area contributed by atoms with Crippen LogP contribution in [-0.2, 0) is 23.1 Å². The SMILES string of the molecule is COC(=O)C(c1ccccc1)c1nc2c(s1)c(/C=N\N(C)Cc1cccc(N)c1C=N)c(C=O)n2C. The number of thiazole rings is 1. The van der Waals surface area contributed by atoms with Gasteiger partial charge in [0.25, 0.3) is 0 Å². The first-order chi connectivity index (χ1) is 17.4. The highest BCUT2D eigenvalue weighted by atomic mass is 32.1. The van der Waals surface area contributed by atoms with Crippen molar-refractivity contribution in [2.45, 2.75) is 12.5 Å². The fourth-order valence-corrected chi connectivity index (χ4v) is 5.30. The Kier molecular flexibility index (Phi) is 7.25. The first kappa shape index (κ1) is 24.8. The third-order valence-electron chi connectivity index (χ3n) is 5.91. The van der Waals surface area contributed by atoms with Gasteiger partial charge in [-0.2, -0.15) is 5.10 Å². The van der Waals surface area contributed by atoms with E-state index in [1.54, 1.807) is 36.0 Å². The van der Waals surface area contributed by atoms with Gasteiger partial charge in [-0.3, -0.25) is 14.6 Å². The molecule has 0 amide bonds. The van der Waals surface area contributed by atoms with Crippen molar-refractivity contribution in [3.8, 4) is 0 Å². The van der Waals surface area contributed by atoms with E-state index >= 15 is 0 Å². The summed E-state index contributed by atoms with van der Waals surface area (Å²) >= 11 is 1.34. The molecule has 0 fully saturated rings. The second-order valence-electron chi connectivity index (χ2n) is 8.17. The first-order valence-corrected chi connectivity index (χ1v) is 11.9. The Morgan fingerprint density at radius 2 is 2.00 bits per heavy atom. The number of ether oxygens (including phenoxy) is 1. The minimum atomic E-state index is -0.677. The zero-order valence-electron chi connectivity index (χ0n) is 20.1. The molecular weight excluding hydrogens is 476 g/mol. The molecule has 36 heavy (non-hydrogen) atoms. The van der Waals surface area contributed by atoms with Gasteiger partial charge in [0, 0.05) is 37.1 Å². The number of aryl methyl sites for hydroxylation is 1. The Morgan fingerprint density at radius 1 is 1.25 bits per heavy atom. The van der Waals surface area contributed by atoms with E-state index in [1.165, 1.54) is 24.7 Å². The van der Waals surface area contributed by atoms with E-state index in [-0.39, 0.29) is 0 Å². The van der Waals surface area contributed by atoms with Gasteiger partial charge in [-0.05, 0) is 17.2 Å². The van der Waals surface area contributed by atoms with E-state index in [1.807, 2.05) is 42.5 Å². The molecule has 0 saturated carbocycles. The molecule has 10 heteroatoms. The second-order valence-corrected chi connectivity index (χ2v) is 9.20. The zero-order chi connectivity index (χ0) is 25.8. The molecule has 0 bridgehead atoms. The molecule has 0 spiro atoms. The van der Waals surface area contributed by atoms with Crippen molar-refractivity contribution in [3.05, 3.63) is 81.5 Å². The van der Waals surface area contributed by atoms with Crippen LogP contribution in [0.4, 0.5) is 5.69 Å². The minimum Gasteiger partial charge on any atom is -0.468 e. The molecule has 4 rings (SSSR count). The number of hydrazone groups is 1. The second kappa shape index (κ2) is 10.5. The smallest absolute Gasteiger partial charge is 0.320 e. The average Bonchev–Trinajstić information content (AvgIpc) is 3.41. The van der Waals surface area contributed by atoms with Crippen LogP contribution in [-0.4, -0.2) is 53.4 Å². The molecule has 1 atom stereocenters. The molecule has 0 aliphatic carbocycles. The number of rotatable bonds is 9. The summed E-state index contributed by atoms with van der Waals surface area (Å²) in [5.41, 5.74) is 10.5. The van der Waals surface area contributed by atoms with Gasteiger partial charge in [-0.25, -0.2) is 4.98 Å². The van der Waals surface area contributed by atoms with Crippen LogP contribution >= 0.6 is 11.3 Å². The van der Waals surface area contributed by atoms with E-state index in [9.17, 15) is 9.59 Å². The maximum Gasteiger partial charge on any atom is 0.320 e. The number of nitrogen functional groups attached to an aromatic ring is 1. The zero-order valence-corrected chi connectivity index (χ0v) is 21.0. The summed E-state index contributed by atoms with van der Waals surface area (Å²) in [6.07, 6.45) is 3.63. The number of esters is 1. The van der Waals surface area contributed by atoms with Crippen LogP contribution in [0.3, 0.4) is 0 Å². The number of anilines is 1. The third kappa shape index (κ3) is 4.63. The van der Waals surface area contributed by atoms with E-state index in [2.05, 4.69) is 5.10 Å². The number of nitrogens with one attached hydrogen (secondary N) is 1. The number of aldehydes is 1. The Balaban J connectivity index is 1.72. The lowest BCUT2D eigenvalue weighted by molar-refractivity contribution is -0.141. The summed E-state index contributed by atoms with van der Waals surface area (Å²) in [5.74, 6) is -1.08. The predicted octanol–water partition coefficient (Wildman–Crippen LogP) is 3.80. The topological polar surface area (TPSA) is 127 Å². The van der Waals surface area contributed by atoms with Crippen LogP contribution < -0.4 is 5.73 Å². The lowest BCUT2D eigenvalue weighted by atomic mass is 10.0. The van der Waals surface area contributed by atoms with E-state index in [0.29, 0.717) is 39.7 Å². The maximum absolute atomic E-state index is 12.7. The number of hydrogen-bond acceptors (Lipinski definition) is 9. The standard InChI is InChI=1S/C26H26N6O3S/c1-31(14-17-10-7-11-20(28)18(17)12-27)29-13-19-21(15-33)32(2)24-23(19)36-25(30-24)22(26(34)35-3)16-8-5-4-6-9-16/h4-13,15,22,27H,14,28H2,1-3H3/b27-12?,29-13-. The molecule has 9 nitrogen and oxygen atoms in total. The summed E-state index contributed by atoms with van der Waals surface area (Å²) in [7, 11) is 4.92. The van der Waals surface area contributed by atoms with Gasteiger partial charge in [0.2, 0.25) is 0 Å². The predicted molar refractivity (Wildman–Crippen MR) is 142 cm³/mol. The largest absolute Gasteiger partial charge is 0.468 e. The van der Waals surface area contributed by atoms with Crippen molar-refractivity contribution in [3.63, 3.8) is 0 Å². The summed E-state index contributed by atoms with van der Waals surface area (Å²) in [6, 6.07) is 14.8. The van der Waals surface area contributed by atoms with Gasteiger partial charge in [-0.15, -0.1) is 11.3 Å². The molecule has 3 N–H and O–H groups in total. The number of carbonyl (C=O) groups excluding carboxylic acids is 2. The monoisotopic (exact) mass is 502 g/mol. The van der Waals surface area contributed by atoms with Gasteiger partial charge >= 0.3 is 5.97 Å². The molecule has 4 aromatic rings. The van der Waals surface area contributed by atoms with Crippen molar-refractivity contribution in [2.24, 2.45) is 12.1 Å². The molecule has 2 heterocycles. The number of fused-ring (bicyclic) bond motifs is 1. The molecule has 0 aliphatic rings. The highest BCUT2D eigenvalue weighted by molar-refractivity contribution is 7.19. The molecular formula is C26H26N6O3S. The average molecular weight is 503 g/mol. The van der Waals surface area contributed by atoms with Crippen molar-refractivity contribution < 1.29 is 14.3 Å². The molecule has 0 saturated heterocycles. The minimum absolute atomic E-state index is 0.407. The molecule has 184 valence electrons. The molecule has 2 aromatic carbocycles. The van der Waals surface area contributed by atoms with E-state index in [0.717, 1.165) is 22.1 Å². The number of nitrogens with two attached hydrogens (primary N) is 1. The molecule has 2 aromatic heterocycles. The summed E-state index contributed by atoms with van der Waals surface area (Å²) < 4.78 is 7.52. The normalized spacial score (nSPS) is 12.1. The van der Waals surface area contributed by atoms with Gasteiger partial charge in [0.15, 0.2) is 11.9 Å². The number of hydrogen-bond donors (Lipinski definition) is 2. The summed E-state index contributed by atoms with van der Waals surface area (Å²) in [4.78, 5) is 29.4. The number of carbonyl (C=O) groups is 2. The number of aromatic nitrogens is 2. The lowest BCUT2D eigenvalue weighted by Gasteiger charge is -2.15. The van der Waals surface area contributed by atoms with Gasteiger partial charge in [0.05, 0.1) is 30.3 Å². The van der Waals surface area contributed by atoms with Crippen LogP contribution in [0.1, 0.15) is 43.7 Å². The molecule has 0 aliphatic heterocycles. The van der Waals surface area contributed by atoms with Crippen molar-refractivity contribution >= 4 is 52.1 Å². The Labute approximate surface area is 212 Å². The third-order valence-corrected chi connectivity index (χ3v) is 7.05. The molecule has 0 radical (unpaired) electrons. The van der Waals surface area contributed by atoms with Crippen molar-refractivity contribution in [2.75, 3.05) is 19.9 Å². The van der Waals surface area contributed by atoms with E-state index < -0.39 is 11.9 Å². The van der Waals surface area contributed by atoms with Crippen LogP contribution in [0.25, 0.3) is 10.3 Å². The highest BCUT2D eigenvalue weighted by Gasteiger charge is 2.29. The summed E-state index contributed by atoms with van der Waals surface area (Å²) in [5, 5.41) is 14.5. The molecule has 1 unspecified atom stereocenters. The van der Waals surface area contributed by atoms with Gasteiger partial charge in [-0.1, -0.05) is 42.5 Å². The number of methoxy groups -OCH3 is 1. The highest BCUT2D eigenvalue weighted by Crippen LogP contribution is 2.36. The van der Waals surface area contributed by atoms with Crippen LogP contribution in [0.15, 0.2) is 53.6 Å². The quantitative estimate of drug-likeness (QED) is 0.118. The number of nitrogens with zero attached hydrogens (tertiary/aromatic N) is 4. The van der Waals surface area contributed by atoms with Crippen LogP contribution in [0.2, 0.25) is 0 Å². The van der Waals surface area contributed by atoms with Gasteiger partial charge in [0.1, 0.15) is 10.9 Å². The lowest BCUT2D eigenvalue weighted by Crippen LogP contribution is -2.15. The van der Waals surface area contributed by atoms with Crippen LogP contribution in [0, 0.1) is 5.41 Å². The van der Waals surface area contributed by atoms with Crippen LogP contribution in [0.5, 0.6) is 0 Å². The van der Waals surface area contributed by atoms with Crippen molar-refractivity contribution in [1.29, 1.82) is 5.41 Å². The summed E-state index contributed by atoms with van der Waals surface area (Å²) in [6.45, 7) is 0.422. The van der Waals surface area contributed by atoms with E-state index in [4.69, 9.17) is 20.9 Å². The van der Waals surface area contributed by atoms with Crippen molar-refractivity contribution in [1.82, 2.24) is 14.6 Å². The fourth-order valence-electron chi connectivity index (χ4n) is 4.07. The number of benzene rings is 2. The first-order valence-electron chi connectivity index (χ1n) is 11.1. The Morgan fingerprint density at radius 3 is 2.67 bits per heavy atom. The van der Waals surface area contributed by atoms with Gasteiger partial charge < -0.3 is 20.4 Å². The Bertz CT molecular complexity index is 1460. The fraction of sp³-hybridized carbons (Fsp3) is 0.192.